The van der Waals surface area contributed by atoms with Gasteiger partial charge in [-0.1, -0.05) is 23.7 Å². The van der Waals surface area contributed by atoms with Gasteiger partial charge in [0.25, 0.3) is 0 Å². The van der Waals surface area contributed by atoms with Crippen molar-refractivity contribution in [3.63, 3.8) is 0 Å². The average Bonchev–Trinajstić information content (AvgIpc) is 2.67. The number of rotatable bonds is 3. The minimum absolute atomic E-state index is 0.00912. The van der Waals surface area contributed by atoms with Crippen LogP contribution in [0.1, 0.15) is 25.0 Å². The fourth-order valence-corrected chi connectivity index (χ4v) is 3.39. The van der Waals surface area contributed by atoms with Crippen LogP contribution in [0.5, 0.6) is 0 Å². The fourth-order valence-electron chi connectivity index (χ4n) is 3.26. The Morgan fingerprint density at radius 3 is 2.04 bits per heavy atom. The molecule has 0 aliphatic carbocycles. The normalized spacial score (nSPS) is 15.6. The third-order valence-electron chi connectivity index (χ3n) is 5.07. The Hall–Kier alpha value is -2.28. The number of nitrogens with zero attached hydrogens (tertiary/aromatic N) is 3. The van der Waals surface area contributed by atoms with Crippen molar-refractivity contribution in [3.8, 4) is 0 Å². The van der Waals surface area contributed by atoms with Crippen molar-refractivity contribution in [2.24, 2.45) is 0 Å². The van der Waals surface area contributed by atoms with Crippen LogP contribution in [0.2, 0.25) is 5.02 Å². The van der Waals surface area contributed by atoms with Crippen molar-refractivity contribution < 1.29 is 18.0 Å². The average molecular weight is 412 g/mol. The Morgan fingerprint density at radius 1 is 0.964 bits per heavy atom. The van der Waals surface area contributed by atoms with Crippen molar-refractivity contribution in [2.45, 2.75) is 25.4 Å². The monoisotopic (exact) mass is 411 g/mol. The standard InChI is InChI=1S/C20H21ClF3N3O/c1-19(2,14-3-6-16(21)7-4-14)18(28)27-11-9-26(10-12-27)17-8-5-15(13-25-17)20(22,23)24/h3-8,13H,9-12H2,1-2H3. The topological polar surface area (TPSA) is 36.4 Å². The van der Waals surface area contributed by atoms with Crippen LogP contribution in [0.25, 0.3) is 0 Å². The lowest BCUT2D eigenvalue weighted by Gasteiger charge is -2.39. The van der Waals surface area contributed by atoms with Gasteiger partial charge in [-0.25, -0.2) is 4.98 Å². The third-order valence-corrected chi connectivity index (χ3v) is 5.32. The molecule has 0 bridgehead atoms. The summed E-state index contributed by atoms with van der Waals surface area (Å²) in [6.45, 7) is 5.75. The Balaban J connectivity index is 1.64. The van der Waals surface area contributed by atoms with Crippen LogP contribution < -0.4 is 4.90 Å². The number of piperazine rings is 1. The molecule has 2 aromatic rings. The van der Waals surface area contributed by atoms with Crippen LogP contribution in [0.3, 0.4) is 0 Å². The van der Waals surface area contributed by atoms with Crippen LogP contribution in [0.4, 0.5) is 19.0 Å². The SMILES string of the molecule is CC(C)(C(=O)N1CCN(c2ccc(C(F)(F)F)cn2)CC1)c1ccc(Cl)cc1. The summed E-state index contributed by atoms with van der Waals surface area (Å²) in [5.74, 6) is 0.493. The third kappa shape index (κ3) is 4.24. The highest BCUT2D eigenvalue weighted by molar-refractivity contribution is 6.30. The summed E-state index contributed by atoms with van der Waals surface area (Å²) in [6.07, 6.45) is -3.56. The zero-order valence-electron chi connectivity index (χ0n) is 15.6. The number of hydrogen-bond donors (Lipinski definition) is 0. The fraction of sp³-hybridized carbons (Fsp3) is 0.400. The van der Waals surface area contributed by atoms with Gasteiger partial charge in [-0.3, -0.25) is 4.79 Å². The molecule has 0 radical (unpaired) electrons. The van der Waals surface area contributed by atoms with Crippen LogP contribution in [-0.2, 0) is 16.4 Å². The zero-order valence-corrected chi connectivity index (χ0v) is 16.4. The first-order chi connectivity index (χ1) is 13.1. The van der Waals surface area contributed by atoms with E-state index in [0.29, 0.717) is 37.0 Å². The first-order valence-electron chi connectivity index (χ1n) is 8.92. The maximum Gasteiger partial charge on any atom is 0.417 e. The summed E-state index contributed by atoms with van der Waals surface area (Å²) < 4.78 is 38.0. The number of anilines is 1. The van der Waals surface area contributed by atoms with Gasteiger partial charge in [-0.2, -0.15) is 13.2 Å². The zero-order chi connectivity index (χ0) is 20.5. The summed E-state index contributed by atoms with van der Waals surface area (Å²) >= 11 is 5.93. The van der Waals surface area contributed by atoms with E-state index < -0.39 is 17.2 Å². The molecule has 4 nitrogen and oxygen atoms in total. The first-order valence-corrected chi connectivity index (χ1v) is 9.30. The van der Waals surface area contributed by atoms with E-state index in [2.05, 4.69) is 4.98 Å². The summed E-state index contributed by atoms with van der Waals surface area (Å²) in [7, 11) is 0. The predicted octanol–water partition coefficient (Wildman–Crippen LogP) is 4.38. The Kier molecular flexibility index (Phi) is 5.57. The van der Waals surface area contributed by atoms with E-state index in [4.69, 9.17) is 11.6 Å². The molecule has 0 saturated carbocycles. The summed E-state index contributed by atoms with van der Waals surface area (Å²) in [5, 5.41) is 0.615. The van der Waals surface area contributed by atoms with Gasteiger partial charge >= 0.3 is 6.18 Å². The van der Waals surface area contributed by atoms with E-state index in [1.165, 1.54) is 6.07 Å². The van der Waals surface area contributed by atoms with Gasteiger partial charge in [0.05, 0.1) is 11.0 Å². The molecular weight excluding hydrogens is 391 g/mol. The molecule has 1 amide bonds. The minimum atomic E-state index is -4.40. The molecule has 1 fully saturated rings. The Bertz CT molecular complexity index is 827. The molecule has 150 valence electrons. The van der Waals surface area contributed by atoms with E-state index in [0.717, 1.165) is 17.8 Å². The van der Waals surface area contributed by atoms with Gasteiger partial charge in [0.15, 0.2) is 0 Å². The molecule has 2 heterocycles. The lowest BCUT2D eigenvalue weighted by Crippen LogP contribution is -2.53. The van der Waals surface area contributed by atoms with Crippen molar-refractivity contribution >= 4 is 23.3 Å². The van der Waals surface area contributed by atoms with E-state index >= 15 is 0 Å². The number of carbonyl (C=O) groups is 1. The molecule has 0 N–H and O–H groups in total. The van der Waals surface area contributed by atoms with Gasteiger partial charge < -0.3 is 9.80 Å². The molecule has 1 aliphatic heterocycles. The molecular formula is C20H21ClF3N3O. The quantitative estimate of drug-likeness (QED) is 0.752. The van der Waals surface area contributed by atoms with Crippen molar-refractivity contribution in [3.05, 3.63) is 58.7 Å². The molecule has 0 spiro atoms. The second kappa shape index (κ2) is 7.62. The molecule has 1 aliphatic rings. The number of amides is 1. The van der Waals surface area contributed by atoms with Crippen LogP contribution in [0, 0.1) is 0 Å². The van der Waals surface area contributed by atoms with Gasteiger partial charge in [-0.05, 0) is 43.7 Å². The smallest absolute Gasteiger partial charge is 0.353 e. The lowest BCUT2D eigenvalue weighted by atomic mass is 9.83. The molecule has 8 heteroatoms. The van der Waals surface area contributed by atoms with E-state index in [1.807, 2.05) is 30.9 Å². The van der Waals surface area contributed by atoms with Gasteiger partial charge in [0.1, 0.15) is 5.82 Å². The Morgan fingerprint density at radius 2 is 1.54 bits per heavy atom. The molecule has 0 unspecified atom stereocenters. The highest BCUT2D eigenvalue weighted by Crippen LogP contribution is 2.30. The Labute approximate surface area is 166 Å². The van der Waals surface area contributed by atoms with Gasteiger partial charge in [0, 0.05) is 37.4 Å². The maximum atomic E-state index is 13.0. The molecule has 1 aromatic carbocycles. The number of alkyl halides is 3. The number of halogens is 4. The maximum absolute atomic E-state index is 13.0. The number of benzene rings is 1. The molecule has 0 atom stereocenters. The van der Waals surface area contributed by atoms with Crippen LogP contribution >= 0.6 is 11.6 Å². The first kappa shape index (κ1) is 20.5. The summed E-state index contributed by atoms with van der Waals surface area (Å²) in [6, 6.07) is 9.63. The van der Waals surface area contributed by atoms with Gasteiger partial charge in [-0.15, -0.1) is 0 Å². The highest BCUT2D eigenvalue weighted by atomic mass is 35.5. The highest BCUT2D eigenvalue weighted by Gasteiger charge is 2.35. The van der Waals surface area contributed by atoms with E-state index in [-0.39, 0.29) is 5.91 Å². The van der Waals surface area contributed by atoms with E-state index in [9.17, 15) is 18.0 Å². The van der Waals surface area contributed by atoms with Crippen molar-refractivity contribution in [1.29, 1.82) is 0 Å². The minimum Gasteiger partial charge on any atom is -0.353 e. The molecule has 1 saturated heterocycles. The molecule has 1 aromatic heterocycles. The van der Waals surface area contributed by atoms with Crippen LogP contribution in [0.15, 0.2) is 42.6 Å². The number of pyridine rings is 1. The van der Waals surface area contributed by atoms with Crippen LogP contribution in [-0.4, -0.2) is 42.0 Å². The van der Waals surface area contributed by atoms with Crippen molar-refractivity contribution in [2.75, 3.05) is 31.1 Å². The second-order valence-corrected chi connectivity index (χ2v) is 7.75. The predicted molar refractivity (Wildman–Crippen MR) is 103 cm³/mol. The number of hydrogen-bond acceptors (Lipinski definition) is 3. The number of carbonyl (C=O) groups excluding carboxylic acids is 1. The molecule has 3 rings (SSSR count). The summed E-state index contributed by atoms with van der Waals surface area (Å²) in [4.78, 5) is 20.6. The summed E-state index contributed by atoms with van der Waals surface area (Å²) in [5.41, 5.74) is -0.581. The van der Waals surface area contributed by atoms with E-state index in [1.54, 1.807) is 17.0 Å². The van der Waals surface area contributed by atoms with Crippen molar-refractivity contribution in [1.82, 2.24) is 9.88 Å². The van der Waals surface area contributed by atoms with Gasteiger partial charge in [0.2, 0.25) is 5.91 Å². The number of aromatic nitrogens is 1. The molecule has 28 heavy (non-hydrogen) atoms. The lowest BCUT2D eigenvalue weighted by molar-refractivity contribution is -0.138. The second-order valence-electron chi connectivity index (χ2n) is 7.31. The largest absolute Gasteiger partial charge is 0.417 e.